The van der Waals surface area contributed by atoms with Gasteiger partial charge in [0.05, 0.1) is 11.3 Å². The molecule has 0 bridgehead atoms. The molecular formula is C13H11F3N2O. The van der Waals surface area contributed by atoms with Gasteiger partial charge in [-0.05, 0) is 31.2 Å². The second-order valence-corrected chi connectivity index (χ2v) is 3.97. The summed E-state index contributed by atoms with van der Waals surface area (Å²) in [5.74, 6) is 0.428. The first-order valence-corrected chi connectivity index (χ1v) is 5.44. The Hall–Kier alpha value is -2.24. The molecule has 1 aromatic carbocycles. The summed E-state index contributed by atoms with van der Waals surface area (Å²) in [5.41, 5.74) is 5.39. The number of rotatable bonds is 2. The summed E-state index contributed by atoms with van der Waals surface area (Å²) in [6.45, 7) is 1.78. The molecule has 0 radical (unpaired) electrons. The Morgan fingerprint density at radius 2 is 1.89 bits per heavy atom. The van der Waals surface area contributed by atoms with Crippen molar-refractivity contribution in [2.24, 2.45) is 0 Å². The molecule has 100 valence electrons. The third kappa shape index (κ3) is 3.15. The smallest absolute Gasteiger partial charge is 0.416 e. The molecule has 2 aromatic rings. The van der Waals surface area contributed by atoms with Crippen LogP contribution in [0.4, 0.5) is 18.9 Å². The van der Waals surface area contributed by atoms with Crippen LogP contribution >= 0.6 is 0 Å². The molecular weight excluding hydrogens is 257 g/mol. The van der Waals surface area contributed by atoms with Crippen LogP contribution in [0.15, 0.2) is 36.4 Å². The van der Waals surface area contributed by atoms with E-state index in [2.05, 4.69) is 4.98 Å². The number of halogens is 3. The zero-order chi connectivity index (χ0) is 14.0. The van der Waals surface area contributed by atoms with Crippen molar-refractivity contribution in [1.82, 2.24) is 4.98 Å². The lowest BCUT2D eigenvalue weighted by Crippen LogP contribution is -2.06. The minimum absolute atomic E-state index is 0.0851. The fraction of sp³-hybridized carbons (Fsp3) is 0.154. The van der Waals surface area contributed by atoms with E-state index in [-0.39, 0.29) is 17.3 Å². The van der Waals surface area contributed by atoms with Crippen molar-refractivity contribution < 1.29 is 17.9 Å². The van der Waals surface area contributed by atoms with Gasteiger partial charge in [-0.25, -0.2) is 4.98 Å². The number of pyridine rings is 1. The van der Waals surface area contributed by atoms with E-state index in [0.29, 0.717) is 0 Å². The second kappa shape index (κ2) is 4.79. The maximum absolute atomic E-state index is 12.5. The molecule has 0 atom stereocenters. The van der Waals surface area contributed by atoms with Gasteiger partial charge in [0.1, 0.15) is 0 Å². The molecule has 19 heavy (non-hydrogen) atoms. The van der Waals surface area contributed by atoms with Crippen LogP contribution in [0.2, 0.25) is 0 Å². The Morgan fingerprint density at radius 1 is 1.16 bits per heavy atom. The van der Waals surface area contributed by atoms with E-state index in [1.807, 2.05) is 0 Å². The highest BCUT2D eigenvalue weighted by Crippen LogP contribution is 2.34. The van der Waals surface area contributed by atoms with Crippen LogP contribution in [-0.4, -0.2) is 4.98 Å². The SMILES string of the molecule is Cc1cccc(Oc2ccc(C(F)(F)F)cc2N)n1. The molecule has 0 aliphatic heterocycles. The Labute approximate surface area is 107 Å². The molecule has 1 heterocycles. The molecule has 6 heteroatoms. The Kier molecular flexibility index (Phi) is 3.33. The molecule has 3 nitrogen and oxygen atoms in total. The lowest BCUT2D eigenvalue weighted by Gasteiger charge is -2.11. The number of nitrogens with zero attached hydrogens (tertiary/aromatic N) is 1. The minimum Gasteiger partial charge on any atom is -0.437 e. The third-order valence-corrected chi connectivity index (χ3v) is 2.41. The first-order chi connectivity index (χ1) is 8.86. The molecule has 2 N–H and O–H groups in total. The minimum atomic E-state index is -4.42. The largest absolute Gasteiger partial charge is 0.437 e. The lowest BCUT2D eigenvalue weighted by atomic mass is 10.2. The number of nitrogen functional groups attached to an aromatic ring is 1. The molecule has 0 aliphatic rings. The number of hydrogen-bond acceptors (Lipinski definition) is 3. The van der Waals surface area contributed by atoms with E-state index in [9.17, 15) is 13.2 Å². The fourth-order valence-electron chi connectivity index (χ4n) is 1.51. The third-order valence-electron chi connectivity index (χ3n) is 2.41. The number of ether oxygens (including phenoxy) is 1. The van der Waals surface area contributed by atoms with Crippen molar-refractivity contribution >= 4 is 5.69 Å². The lowest BCUT2D eigenvalue weighted by molar-refractivity contribution is -0.137. The molecule has 2 rings (SSSR count). The van der Waals surface area contributed by atoms with E-state index in [1.54, 1.807) is 25.1 Å². The summed E-state index contributed by atoms with van der Waals surface area (Å²) in [4.78, 5) is 4.08. The molecule has 0 spiro atoms. The number of nitrogens with two attached hydrogens (primary N) is 1. The summed E-state index contributed by atoms with van der Waals surface area (Å²) < 4.78 is 42.8. The quantitative estimate of drug-likeness (QED) is 0.843. The molecule has 0 aliphatic carbocycles. The first-order valence-electron chi connectivity index (χ1n) is 5.44. The van der Waals surface area contributed by atoms with Gasteiger partial charge in [-0.2, -0.15) is 13.2 Å². The average molecular weight is 268 g/mol. The number of anilines is 1. The molecule has 0 fully saturated rings. The molecule has 0 unspecified atom stereocenters. The average Bonchev–Trinajstić information content (AvgIpc) is 2.30. The first kappa shape index (κ1) is 13.2. The van der Waals surface area contributed by atoms with Crippen molar-refractivity contribution in [2.45, 2.75) is 13.1 Å². The van der Waals surface area contributed by atoms with Crippen LogP contribution in [0, 0.1) is 6.92 Å². The van der Waals surface area contributed by atoms with Gasteiger partial charge >= 0.3 is 6.18 Å². The highest BCUT2D eigenvalue weighted by atomic mass is 19.4. The van der Waals surface area contributed by atoms with Crippen LogP contribution in [0.5, 0.6) is 11.6 Å². The predicted molar refractivity (Wildman–Crippen MR) is 64.9 cm³/mol. The van der Waals surface area contributed by atoms with Gasteiger partial charge in [-0.1, -0.05) is 6.07 Å². The molecule has 1 aromatic heterocycles. The molecule has 0 saturated heterocycles. The highest BCUT2D eigenvalue weighted by molar-refractivity contribution is 5.55. The topological polar surface area (TPSA) is 48.1 Å². The number of hydrogen-bond donors (Lipinski definition) is 1. The zero-order valence-corrected chi connectivity index (χ0v) is 10.0. The van der Waals surface area contributed by atoms with Crippen molar-refractivity contribution in [1.29, 1.82) is 0 Å². The van der Waals surface area contributed by atoms with Gasteiger partial charge in [0, 0.05) is 11.8 Å². The van der Waals surface area contributed by atoms with Gasteiger partial charge in [0.2, 0.25) is 5.88 Å². The van der Waals surface area contributed by atoms with Gasteiger partial charge in [-0.3, -0.25) is 0 Å². The van der Waals surface area contributed by atoms with Gasteiger partial charge < -0.3 is 10.5 Å². The molecule has 0 saturated carbocycles. The van der Waals surface area contributed by atoms with Crippen molar-refractivity contribution in [3.05, 3.63) is 47.7 Å². The van der Waals surface area contributed by atoms with E-state index in [4.69, 9.17) is 10.5 Å². The number of aromatic nitrogens is 1. The fourth-order valence-corrected chi connectivity index (χ4v) is 1.51. The summed E-state index contributed by atoms with van der Waals surface area (Å²) >= 11 is 0. The van der Waals surface area contributed by atoms with E-state index in [0.717, 1.165) is 17.8 Å². The van der Waals surface area contributed by atoms with Crippen LogP contribution < -0.4 is 10.5 Å². The van der Waals surface area contributed by atoms with E-state index >= 15 is 0 Å². The van der Waals surface area contributed by atoms with Crippen molar-refractivity contribution in [3.63, 3.8) is 0 Å². The molecule has 0 amide bonds. The Balaban J connectivity index is 2.27. The van der Waals surface area contributed by atoms with E-state index < -0.39 is 11.7 Å². The van der Waals surface area contributed by atoms with Crippen molar-refractivity contribution in [2.75, 3.05) is 5.73 Å². The summed E-state index contributed by atoms with van der Waals surface area (Å²) in [6.07, 6.45) is -4.42. The predicted octanol–water partition coefficient (Wildman–Crippen LogP) is 3.78. The Morgan fingerprint density at radius 3 is 2.47 bits per heavy atom. The summed E-state index contributed by atoms with van der Waals surface area (Å²) in [6, 6.07) is 8.06. The van der Waals surface area contributed by atoms with Gasteiger partial charge in [-0.15, -0.1) is 0 Å². The summed E-state index contributed by atoms with van der Waals surface area (Å²) in [5, 5.41) is 0. The van der Waals surface area contributed by atoms with Crippen LogP contribution in [0.1, 0.15) is 11.3 Å². The van der Waals surface area contributed by atoms with Crippen molar-refractivity contribution in [3.8, 4) is 11.6 Å². The maximum atomic E-state index is 12.5. The monoisotopic (exact) mass is 268 g/mol. The van der Waals surface area contributed by atoms with Crippen LogP contribution in [0.25, 0.3) is 0 Å². The Bertz CT molecular complexity index is 597. The standard InChI is InChI=1S/C13H11F3N2O/c1-8-3-2-4-12(18-8)19-11-6-5-9(7-10(11)17)13(14,15)16/h2-7H,17H2,1H3. The normalized spacial score (nSPS) is 11.4. The maximum Gasteiger partial charge on any atom is 0.416 e. The van der Waals surface area contributed by atoms with Crippen LogP contribution in [0.3, 0.4) is 0 Å². The van der Waals surface area contributed by atoms with Gasteiger partial charge in [0.25, 0.3) is 0 Å². The number of benzene rings is 1. The van der Waals surface area contributed by atoms with Gasteiger partial charge in [0.15, 0.2) is 5.75 Å². The highest BCUT2D eigenvalue weighted by Gasteiger charge is 2.30. The number of aryl methyl sites for hydroxylation is 1. The van der Waals surface area contributed by atoms with E-state index in [1.165, 1.54) is 6.07 Å². The zero-order valence-electron chi connectivity index (χ0n) is 10.0. The second-order valence-electron chi connectivity index (χ2n) is 3.97. The summed E-state index contributed by atoms with van der Waals surface area (Å²) in [7, 11) is 0. The number of alkyl halides is 3. The van der Waals surface area contributed by atoms with Crippen LogP contribution in [-0.2, 0) is 6.18 Å².